The van der Waals surface area contributed by atoms with Crippen LogP contribution in [-0.4, -0.2) is 47.7 Å². The lowest BCUT2D eigenvalue weighted by Gasteiger charge is -2.34. The van der Waals surface area contributed by atoms with Crippen molar-refractivity contribution in [2.45, 2.75) is 19.8 Å². The predicted octanol–water partition coefficient (Wildman–Crippen LogP) is 3.06. The third-order valence-electron chi connectivity index (χ3n) is 4.77. The second-order valence-corrected chi connectivity index (χ2v) is 7.28. The summed E-state index contributed by atoms with van der Waals surface area (Å²) in [4.78, 5) is 37.9. The van der Waals surface area contributed by atoms with Crippen LogP contribution in [0.3, 0.4) is 0 Å². The molecule has 1 aromatic carbocycles. The molecule has 1 aliphatic heterocycles. The Bertz CT molecular complexity index is 770. The highest BCUT2D eigenvalue weighted by Crippen LogP contribution is 2.37. The molecule has 0 bridgehead atoms. The molecule has 28 heavy (non-hydrogen) atoms. The summed E-state index contributed by atoms with van der Waals surface area (Å²) in [6.45, 7) is 3.16. The van der Waals surface area contributed by atoms with E-state index in [0.717, 1.165) is 0 Å². The van der Waals surface area contributed by atoms with E-state index >= 15 is 0 Å². The summed E-state index contributed by atoms with van der Waals surface area (Å²) in [5.74, 6) is -4.81. The van der Waals surface area contributed by atoms with Crippen LogP contribution in [0, 0.1) is 11.8 Å². The molecule has 0 aliphatic carbocycles. The lowest BCUT2D eigenvalue weighted by molar-refractivity contribution is -0.137. The van der Waals surface area contributed by atoms with Crippen molar-refractivity contribution in [2.75, 3.05) is 24.5 Å². The van der Waals surface area contributed by atoms with Crippen LogP contribution in [0.4, 0.5) is 5.69 Å². The standard InChI is InChI=1S/C19H22Cl2N2O5/c1-2-23(17-13(20)4-3-5-14(17)21)18(26)16(11-6-8-22-9-7-11)12(19(27)28)10-15(24)25/h3-5,10-11,16,22H,2,6-9H2,1H3,(H,24,25)(H,27,28)/b12-10+. The zero-order valence-electron chi connectivity index (χ0n) is 15.3. The normalized spacial score (nSPS) is 16.5. The molecule has 1 fully saturated rings. The third-order valence-corrected chi connectivity index (χ3v) is 5.38. The van der Waals surface area contributed by atoms with E-state index in [1.807, 2.05) is 0 Å². The number of carboxylic acids is 2. The van der Waals surface area contributed by atoms with E-state index in [2.05, 4.69) is 5.32 Å². The molecule has 2 rings (SSSR count). The maximum absolute atomic E-state index is 13.5. The Balaban J connectivity index is 2.55. The summed E-state index contributed by atoms with van der Waals surface area (Å²) in [6.07, 6.45) is 1.71. The Labute approximate surface area is 172 Å². The van der Waals surface area contributed by atoms with Crippen molar-refractivity contribution >= 4 is 46.7 Å². The molecule has 1 saturated heterocycles. The maximum Gasteiger partial charge on any atom is 0.332 e. The fourth-order valence-electron chi connectivity index (χ4n) is 3.52. The number of carboxylic acid groups (broad SMARTS) is 2. The van der Waals surface area contributed by atoms with E-state index in [1.54, 1.807) is 25.1 Å². The number of piperidine rings is 1. The van der Waals surface area contributed by atoms with Gasteiger partial charge in [0.2, 0.25) is 5.91 Å². The number of amides is 1. The van der Waals surface area contributed by atoms with Crippen molar-refractivity contribution in [3.8, 4) is 0 Å². The van der Waals surface area contributed by atoms with Crippen LogP contribution in [0.15, 0.2) is 29.8 Å². The quantitative estimate of drug-likeness (QED) is 0.576. The third kappa shape index (κ3) is 5.04. The Hall–Kier alpha value is -2.09. The van der Waals surface area contributed by atoms with Crippen LogP contribution >= 0.6 is 23.2 Å². The number of carbonyl (C=O) groups excluding carboxylic acids is 1. The fourth-order valence-corrected chi connectivity index (χ4v) is 4.12. The number of anilines is 1. The Morgan fingerprint density at radius 2 is 1.79 bits per heavy atom. The number of hydrogen-bond donors (Lipinski definition) is 3. The first-order chi connectivity index (χ1) is 13.3. The van der Waals surface area contributed by atoms with Crippen LogP contribution in [0.5, 0.6) is 0 Å². The number of para-hydroxylation sites is 1. The van der Waals surface area contributed by atoms with Gasteiger partial charge in [0.25, 0.3) is 0 Å². The van der Waals surface area contributed by atoms with Crippen LogP contribution in [0.2, 0.25) is 10.0 Å². The molecular weight excluding hydrogens is 407 g/mol. The Morgan fingerprint density at radius 1 is 1.21 bits per heavy atom. The topological polar surface area (TPSA) is 107 Å². The Morgan fingerprint density at radius 3 is 2.25 bits per heavy atom. The molecule has 0 aromatic heterocycles. The summed E-state index contributed by atoms with van der Waals surface area (Å²) < 4.78 is 0. The van der Waals surface area contributed by atoms with Gasteiger partial charge < -0.3 is 20.4 Å². The van der Waals surface area contributed by atoms with Crippen LogP contribution in [-0.2, 0) is 14.4 Å². The summed E-state index contributed by atoms with van der Waals surface area (Å²) in [5, 5.41) is 22.5. The van der Waals surface area contributed by atoms with E-state index in [4.69, 9.17) is 28.3 Å². The smallest absolute Gasteiger partial charge is 0.332 e. The van der Waals surface area contributed by atoms with Gasteiger partial charge in [-0.1, -0.05) is 29.3 Å². The highest BCUT2D eigenvalue weighted by Gasteiger charge is 2.39. The number of hydrogen-bond acceptors (Lipinski definition) is 4. The predicted molar refractivity (Wildman–Crippen MR) is 107 cm³/mol. The van der Waals surface area contributed by atoms with Crippen LogP contribution < -0.4 is 10.2 Å². The summed E-state index contributed by atoms with van der Waals surface area (Å²) in [6, 6.07) is 4.82. The molecule has 0 radical (unpaired) electrons. The average molecular weight is 429 g/mol. The molecule has 1 heterocycles. The SMILES string of the molecule is CCN(C(=O)C(/C(=C\C(=O)O)C(=O)O)C1CCNCC1)c1c(Cl)cccc1Cl. The number of nitrogens with zero attached hydrogens (tertiary/aromatic N) is 1. The van der Waals surface area contributed by atoms with Gasteiger partial charge in [0.05, 0.1) is 27.2 Å². The molecule has 1 amide bonds. The van der Waals surface area contributed by atoms with Crippen molar-refractivity contribution in [1.29, 1.82) is 0 Å². The molecule has 7 nitrogen and oxygen atoms in total. The van der Waals surface area contributed by atoms with E-state index in [0.29, 0.717) is 32.0 Å². The van der Waals surface area contributed by atoms with Gasteiger partial charge in [-0.2, -0.15) is 0 Å². The van der Waals surface area contributed by atoms with Crippen molar-refractivity contribution in [3.63, 3.8) is 0 Å². The van der Waals surface area contributed by atoms with Crippen molar-refractivity contribution in [3.05, 3.63) is 39.9 Å². The molecule has 152 valence electrons. The molecule has 0 saturated carbocycles. The van der Waals surface area contributed by atoms with Gasteiger partial charge >= 0.3 is 11.9 Å². The second-order valence-electron chi connectivity index (χ2n) is 6.46. The number of benzene rings is 1. The average Bonchev–Trinajstić information content (AvgIpc) is 2.64. The first-order valence-corrected chi connectivity index (χ1v) is 9.67. The molecule has 3 N–H and O–H groups in total. The molecule has 0 spiro atoms. The first-order valence-electron chi connectivity index (χ1n) is 8.91. The number of nitrogens with one attached hydrogen (secondary N) is 1. The second kappa shape index (κ2) is 9.91. The van der Waals surface area contributed by atoms with Crippen LogP contribution in [0.25, 0.3) is 0 Å². The van der Waals surface area contributed by atoms with E-state index in [-0.39, 0.29) is 28.2 Å². The minimum Gasteiger partial charge on any atom is -0.478 e. The minimum atomic E-state index is -1.43. The first kappa shape index (κ1) is 22.2. The van der Waals surface area contributed by atoms with Crippen molar-refractivity contribution < 1.29 is 24.6 Å². The van der Waals surface area contributed by atoms with Gasteiger partial charge in [0.1, 0.15) is 0 Å². The lowest BCUT2D eigenvalue weighted by Crippen LogP contribution is -2.44. The largest absolute Gasteiger partial charge is 0.478 e. The fraction of sp³-hybridized carbons (Fsp3) is 0.421. The van der Waals surface area contributed by atoms with E-state index < -0.39 is 29.3 Å². The van der Waals surface area contributed by atoms with Gasteiger partial charge in [0, 0.05) is 12.6 Å². The van der Waals surface area contributed by atoms with Crippen molar-refractivity contribution in [1.82, 2.24) is 5.32 Å². The van der Waals surface area contributed by atoms with Crippen molar-refractivity contribution in [2.24, 2.45) is 11.8 Å². The number of halogens is 2. The molecule has 1 aromatic rings. The summed E-state index contributed by atoms with van der Waals surface area (Å²) in [7, 11) is 0. The van der Waals surface area contributed by atoms with Gasteiger partial charge in [0.15, 0.2) is 0 Å². The number of aliphatic carboxylic acids is 2. The molecular formula is C19H22Cl2N2O5. The molecule has 9 heteroatoms. The highest BCUT2D eigenvalue weighted by molar-refractivity contribution is 6.40. The molecule has 1 atom stereocenters. The maximum atomic E-state index is 13.5. The summed E-state index contributed by atoms with van der Waals surface area (Å²) in [5.41, 5.74) is -0.150. The molecule has 1 aliphatic rings. The summed E-state index contributed by atoms with van der Waals surface area (Å²) >= 11 is 12.5. The zero-order chi connectivity index (χ0) is 20.8. The highest BCUT2D eigenvalue weighted by atomic mass is 35.5. The Kier molecular flexibility index (Phi) is 7.86. The number of carbonyl (C=O) groups is 3. The lowest BCUT2D eigenvalue weighted by atomic mass is 9.78. The molecule has 1 unspecified atom stereocenters. The van der Waals surface area contributed by atoms with Crippen LogP contribution in [0.1, 0.15) is 19.8 Å². The van der Waals surface area contributed by atoms with Gasteiger partial charge in [-0.05, 0) is 50.9 Å². The number of rotatable bonds is 7. The van der Waals surface area contributed by atoms with Gasteiger partial charge in [-0.15, -0.1) is 0 Å². The van der Waals surface area contributed by atoms with Gasteiger partial charge in [-0.25, -0.2) is 9.59 Å². The monoisotopic (exact) mass is 428 g/mol. The van der Waals surface area contributed by atoms with E-state index in [1.165, 1.54) is 4.90 Å². The van der Waals surface area contributed by atoms with Gasteiger partial charge in [-0.3, -0.25) is 4.79 Å². The van der Waals surface area contributed by atoms with E-state index in [9.17, 15) is 19.5 Å². The zero-order valence-corrected chi connectivity index (χ0v) is 16.8. The minimum absolute atomic E-state index is 0.198.